The average molecular weight is 312 g/mol. The standard InChI is InChI=1S/C19H20O2S/c1-3-16(4-2)15-19(17-11-7-5-8-12-17)22(20,21)18-13-9-6-10-14-18/h5-14H,3-4H2,1-2H3. The van der Waals surface area contributed by atoms with Crippen LogP contribution in [0, 0.1) is 0 Å². The van der Waals surface area contributed by atoms with Gasteiger partial charge in [0.1, 0.15) is 4.91 Å². The fourth-order valence-electron chi connectivity index (χ4n) is 2.19. The van der Waals surface area contributed by atoms with Gasteiger partial charge < -0.3 is 0 Å². The van der Waals surface area contributed by atoms with Crippen molar-refractivity contribution in [3.8, 4) is 0 Å². The van der Waals surface area contributed by atoms with E-state index in [0.717, 1.165) is 18.4 Å². The van der Waals surface area contributed by atoms with Crippen LogP contribution < -0.4 is 0 Å². The van der Waals surface area contributed by atoms with Gasteiger partial charge in [-0.1, -0.05) is 62.4 Å². The molecule has 0 aliphatic carbocycles. The topological polar surface area (TPSA) is 34.1 Å². The smallest absolute Gasteiger partial charge is 0.214 e. The lowest BCUT2D eigenvalue weighted by atomic mass is 10.1. The molecule has 0 saturated heterocycles. The molecule has 0 N–H and O–H groups in total. The van der Waals surface area contributed by atoms with Crippen LogP contribution in [0.1, 0.15) is 32.3 Å². The van der Waals surface area contributed by atoms with Crippen LogP contribution in [-0.2, 0) is 9.84 Å². The van der Waals surface area contributed by atoms with Crippen molar-refractivity contribution in [3.05, 3.63) is 77.5 Å². The number of rotatable bonds is 5. The van der Waals surface area contributed by atoms with Crippen molar-refractivity contribution in [3.63, 3.8) is 0 Å². The highest BCUT2D eigenvalue weighted by Gasteiger charge is 2.22. The molecule has 2 nitrogen and oxygen atoms in total. The molecule has 2 aromatic rings. The predicted octanol–water partition coefficient (Wildman–Crippen LogP) is 4.85. The highest BCUT2D eigenvalue weighted by Crippen LogP contribution is 2.27. The van der Waals surface area contributed by atoms with Gasteiger partial charge in [-0.25, -0.2) is 8.42 Å². The van der Waals surface area contributed by atoms with Crippen molar-refractivity contribution in [1.82, 2.24) is 0 Å². The molecule has 0 unspecified atom stereocenters. The van der Waals surface area contributed by atoms with E-state index in [2.05, 4.69) is 5.73 Å². The van der Waals surface area contributed by atoms with Gasteiger partial charge >= 0.3 is 0 Å². The van der Waals surface area contributed by atoms with E-state index in [1.54, 1.807) is 24.3 Å². The van der Waals surface area contributed by atoms with E-state index in [4.69, 9.17) is 0 Å². The van der Waals surface area contributed by atoms with E-state index in [1.165, 1.54) is 0 Å². The largest absolute Gasteiger partial charge is 0.218 e. The second-order valence-electron chi connectivity index (χ2n) is 4.95. The van der Waals surface area contributed by atoms with Gasteiger partial charge in [0.25, 0.3) is 0 Å². The summed E-state index contributed by atoms with van der Waals surface area (Å²) in [6.07, 6.45) is 1.58. The van der Waals surface area contributed by atoms with E-state index in [0.29, 0.717) is 10.5 Å². The number of benzene rings is 2. The Morgan fingerprint density at radius 2 is 1.36 bits per heavy atom. The number of allylic oxidation sites excluding steroid dienone is 1. The average Bonchev–Trinajstić information content (AvgIpc) is 2.57. The minimum absolute atomic E-state index is 0.248. The molecule has 114 valence electrons. The molecule has 0 aliphatic rings. The van der Waals surface area contributed by atoms with Crippen molar-refractivity contribution in [2.24, 2.45) is 0 Å². The van der Waals surface area contributed by atoms with Crippen molar-refractivity contribution >= 4 is 14.7 Å². The van der Waals surface area contributed by atoms with Gasteiger partial charge in [0.2, 0.25) is 9.84 Å². The molecule has 0 spiro atoms. The fraction of sp³-hybridized carbons (Fsp3) is 0.211. The normalized spacial score (nSPS) is 10.8. The summed E-state index contributed by atoms with van der Waals surface area (Å²) >= 11 is 0. The van der Waals surface area contributed by atoms with Gasteiger partial charge in [0.15, 0.2) is 0 Å². The summed E-state index contributed by atoms with van der Waals surface area (Å²) in [5.41, 5.74) is 4.82. The van der Waals surface area contributed by atoms with E-state index < -0.39 is 9.84 Å². The molecule has 0 aliphatic heterocycles. The van der Waals surface area contributed by atoms with Crippen LogP contribution in [0.3, 0.4) is 0 Å². The van der Waals surface area contributed by atoms with Gasteiger partial charge in [-0.3, -0.25) is 0 Å². The minimum atomic E-state index is -3.58. The third-order valence-corrected chi connectivity index (χ3v) is 5.27. The van der Waals surface area contributed by atoms with Gasteiger partial charge in [0, 0.05) is 5.56 Å². The van der Waals surface area contributed by atoms with Crippen LogP contribution in [0.25, 0.3) is 4.91 Å². The molecule has 0 heterocycles. The maximum atomic E-state index is 13.0. The maximum absolute atomic E-state index is 13.0. The summed E-state index contributed by atoms with van der Waals surface area (Å²) in [6, 6.07) is 17.7. The second kappa shape index (κ2) is 7.26. The molecule has 2 aromatic carbocycles. The molecule has 22 heavy (non-hydrogen) atoms. The molecule has 0 atom stereocenters. The molecule has 2 rings (SSSR count). The summed E-state index contributed by atoms with van der Waals surface area (Å²) in [5.74, 6) is 0. The van der Waals surface area contributed by atoms with Crippen LogP contribution in [0.15, 0.2) is 76.9 Å². The zero-order chi connectivity index (χ0) is 16.0. The fourth-order valence-corrected chi connectivity index (χ4v) is 3.67. The molecule has 0 amide bonds. The molecule has 3 heteroatoms. The summed E-state index contributed by atoms with van der Waals surface area (Å²) < 4.78 is 26.0. The van der Waals surface area contributed by atoms with E-state index in [9.17, 15) is 8.42 Å². The first-order valence-corrected chi connectivity index (χ1v) is 8.92. The van der Waals surface area contributed by atoms with E-state index >= 15 is 0 Å². The van der Waals surface area contributed by atoms with Crippen LogP contribution in [0.4, 0.5) is 0 Å². The molecule has 0 fully saturated rings. The number of hydrogen-bond acceptors (Lipinski definition) is 2. The lowest BCUT2D eigenvalue weighted by molar-refractivity contribution is 0.606. The first kappa shape index (κ1) is 16.3. The van der Waals surface area contributed by atoms with Crippen molar-refractivity contribution < 1.29 is 8.42 Å². The first-order chi connectivity index (χ1) is 10.6. The summed E-state index contributed by atoms with van der Waals surface area (Å²) in [4.78, 5) is 0.547. The molecule has 0 aromatic heterocycles. The zero-order valence-corrected chi connectivity index (χ0v) is 13.7. The van der Waals surface area contributed by atoms with Crippen LogP contribution in [0.2, 0.25) is 0 Å². The Morgan fingerprint density at radius 1 is 0.864 bits per heavy atom. The Bertz CT molecular complexity index is 776. The lowest BCUT2D eigenvalue weighted by Crippen LogP contribution is -2.03. The third kappa shape index (κ3) is 3.56. The molecular formula is C19H20O2S. The van der Waals surface area contributed by atoms with E-state index in [-0.39, 0.29) is 4.91 Å². The van der Waals surface area contributed by atoms with Gasteiger partial charge in [-0.2, -0.15) is 0 Å². The van der Waals surface area contributed by atoms with Gasteiger partial charge in [-0.15, -0.1) is 5.73 Å². The predicted molar refractivity (Wildman–Crippen MR) is 91.1 cm³/mol. The molecular weight excluding hydrogens is 292 g/mol. The highest BCUT2D eigenvalue weighted by molar-refractivity contribution is 8.00. The van der Waals surface area contributed by atoms with Crippen molar-refractivity contribution in [1.29, 1.82) is 0 Å². The lowest BCUT2D eigenvalue weighted by Gasteiger charge is -2.08. The Hall–Kier alpha value is -2.09. The molecule has 0 radical (unpaired) electrons. The van der Waals surface area contributed by atoms with Crippen molar-refractivity contribution in [2.45, 2.75) is 31.6 Å². The number of hydrogen-bond donors (Lipinski definition) is 0. The quantitative estimate of drug-likeness (QED) is 0.740. The zero-order valence-electron chi connectivity index (χ0n) is 12.9. The van der Waals surface area contributed by atoms with Gasteiger partial charge in [-0.05, 0) is 30.5 Å². The Balaban J connectivity index is 2.73. The summed E-state index contributed by atoms with van der Waals surface area (Å²) in [7, 11) is -3.58. The second-order valence-corrected chi connectivity index (χ2v) is 6.83. The van der Waals surface area contributed by atoms with Crippen molar-refractivity contribution in [2.75, 3.05) is 0 Å². The number of sulfone groups is 1. The Labute approximate surface area is 132 Å². The SMILES string of the molecule is CCC(=C=C(c1ccccc1)S(=O)(=O)c1ccccc1)CC. The van der Waals surface area contributed by atoms with E-state index in [1.807, 2.05) is 50.2 Å². The molecule has 0 bridgehead atoms. The molecule has 0 saturated carbocycles. The van der Waals surface area contributed by atoms with Gasteiger partial charge in [0.05, 0.1) is 4.90 Å². The van der Waals surface area contributed by atoms with Crippen LogP contribution >= 0.6 is 0 Å². The summed E-state index contributed by atoms with van der Waals surface area (Å²) in [6.45, 7) is 4.03. The first-order valence-electron chi connectivity index (χ1n) is 7.43. The Morgan fingerprint density at radius 3 is 1.86 bits per heavy atom. The summed E-state index contributed by atoms with van der Waals surface area (Å²) in [5, 5.41) is 0. The third-order valence-electron chi connectivity index (χ3n) is 3.50. The highest BCUT2D eigenvalue weighted by atomic mass is 32.2. The minimum Gasteiger partial charge on any atom is -0.218 e. The monoisotopic (exact) mass is 312 g/mol. The van der Waals surface area contributed by atoms with Crippen LogP contribution in [0.5, 0.6) is 0 Å². The van der Waals surface area contributed by atoms with Crippen LogP contribution in [-0.4, -0.2) is 8.42 Å². The maximum Gasteiger partial charge on any atom is 0.214 e. The Kier molecular flexibility index (Phi) is 5.37.